The lowest BCUT2D eigenvalue weighted by molar-refractivity contribution is 0.426. The highest BCUT2D eigenvalue weighted by atomic mass is 79.9. The molecular formula is C15H18BrNO. The van der Waals surface area contributed by atoms with Crippen molar-refractivity contribution in [2.75, 3.05) is 6.54 Å². The molecule has 0 fully saturated rings. The maximum Gasteiger partial charge on any atom is 0.125 e. The average Bonchev–Trinajstić information content (AvgIpc) is 2.86. The predicted octanol–water partition coefficient (Wildman–Crippen LogP) is 4.30. The molecule has 0 aliphatic heterocycles. The van der Waals surface area contributed by atoms with E-state index in [4.69, 9.17) is 4.42 Å². The van der Waals surface area contributed by atoms with Gasteiger partial charge in [-0.3, -0.25) is 0 Å². The van der Waals surface area contributed by atoms with Crippen molar-refractivity contribution >= 4 is 15.9 Å². The fraction of sp³-hybridized carbons (Fsp3) is 0.333. The summed E-state index contributed by atoms with van der Waals surface area (Å²) >= 11 is 3.46. The second kappa shape index (κ2) is 6.21. The zero-order valence-corrected chi connectivity index (χ0v) is 12.3. The van der Waals surface area contributed by atoms with Gasteiger partial charge in [-0.1, -0.05) is 41.9 Å². The topological polar surface area (TPSA) is 25.2 Å². The largest absolute Gasteiger partial charge is 0.464 e. The third-order valence-corrected chi connectivity index (χ3v) is 3.46. The van der Waals surface area contributed by atoms with Crippen molar-refractivity contribution in [3.05, 3.63) is 58.0 Å². The van der Waals surface area contributed by atoms with Gasteiger partial charge >= 0.3 is 0 Å². The van der Waals surface area contributed by atoms with E-state index in [1.165, 1.54) is 5.56 Å². The molecule has 0 saturated heterocycles. The van der Waals surface area contributed by atoms with Gasteiger partial charge < -0.3 is 9.73 Å². The third kappa shape index (κ3) is 3.03. The number of halogens is 1. The third-order valence-electron chi connectivity index (χ3n) is 2.93. The van der Waals surface area contributed by atoms with Crippen LogP contribution in [-0.2, 0) is 6.42 Å². The van der Waals surface area contributed by atoms with Gasteiger partial charge in [-0.2, -0.15) is 0 Å². The summed E-state index contributed by atoms with van der Waals surface area (Å²) in [4.78, 5) is 0. The number of furan rings is 1. The molecule has 1 aromatic heterocycles. The number of nitrogens with one attached hydrogen (secondary N) is 1. The van der Waals surface area contributed by atoms with E-state index < -0.39 is 0 Å². The van der Waals surface area contributed by atoms with Crippen LogP contribution in [-0.4, -0.2) is 6.54 Å². The monoisotopic (exact) mass is 307 g/mol. The van der Waals surface area contributed by atoms with Gasteiger partial charge in [-0.15, -0.1) is 0 Å². The van der Waals surface area contributed by atoms with E-state index in [-0.39, 0.29) is 6.04 Å². The second-order valence-electron chi connectivity index (χ2n) is 4.20. The molecule has 2 aromatic rings. The Morgan fingerprint density at radius 2 is 1.83 bits per heavy atom. The van der Waals surface area contributed by atoms with Crippen LogP contribution in [0.15, 0.2) is 45.3 Å². The number of hydrogen-bond donors (Lipinski definition) is 1. The minimum Gasteiger partial charge on any atom is -0.464 e. The van der Waals surface area contributed by atoms with Gasteiger partial charge in [0.15, 0.2) is 0 Å². The molecule has 0 saturated carbocycles. The first-order valence-corrected chi connectivity index (χ1v) is 7.11. The number of rotatable bonds is 5. The van der Waals surface area contributed by atoms with Gasteiger partial charge in [0.25, 0.3) is 0 Å². The van der Waals surface area contributed by atoms with Gasteiger partial charge in [0.05, 0.1) is 6.04 Å². The Morgan fingerprint density at radius 3 is 2.39 bits per heavy atom. The molecule has 0 spiro atoms. The van der Waals surface area contributed by atoms with E-state index in [1.54, 1.807) is 0 Å². The minimum atomic E-state index is 0.128. The van der Waals surface area contributed by atoms with Crippen molar-refractivity contribution in [2.45, 2.75) is 26.3 Å². The van der Waals surface area contributed by atoms with Crippen LogP contribution in [0.3, 0.4) is 0 Å². The van der Waals surface area contributed by atoms with Crippen LogP contribution in [0.1, 0.15) is 37.0 Å². The van der Waals surface area contributed by atoms with E-state index >= 15 is 0 Å². The Morgan fingerprint density at radius 1 is 1.11 bits per heavy atom. The smallest absolute Gasteiger partial charge is 0.125 e. The fourth-order valence-corrected chi connectivity index (χ4v) is 2.25. The van der Waals surface area contributed by atoms with Gasteiger partial charge in [-0.05, 0) is 36.4 Å². The van der Waals surface area contributed by atoms with E-state index in [1.807, 2.05) is 0 Å². The highest BCUT2D eigenvalue weighted by molar-refractivity contribution is 9.10. The quantitative estimate of drug-likeness (QED) is 0.890. The highest BCUT2D eigenvalue weighted by Crippen LogP contribution is 2.25. The average molecular weight is 308 g/mol. The number of hydrogen-bond acceptors (Lipinski definition) is 2. The molecule has 0 bridgehead atoms. The summed E-state index contributed by atoms with van der Waals surface area (Å²) < 4.78 is 6.95. The number of benzene rings is 1. The first-order valence-electron chi connectivity index (χ1n) is 6.32. The predicted molar refractivity (Wildman–Crippen MR) is 77.7 cm³/mol. The standard InChI is InChI=1S/C15H18BrNO/c1-3-13-9-10-14(18-13)15(17-4-2)11-5-7-12(16)8-6-11/h5-10,15,17H,3-4H2,1-2H3. The molecule has 1 N–H and O–H groups in total. The van der Waals surface area contributed by atoms with Crippen LogP contribution in [0.5, 0.6) is 0 Å². The summed E-state index contributed by atoms with van der Waals surface area (Å²) in [7, 11) is 0. The molecule has 0 amide bonds. The molecule has 1 atom stereocenters. The zero-order valence-electron chi connectivity index (χ0n) is 10.7. The van der Waals surface area contributed by atoms with Crippen molar-refractivity contribution in [3.8, 4) is 0 Å². The lowest BCUT2D eigenvalue weighted by Gasteiger charge is -2.16. The van der Waals surface area contributed by atoms with Gasteiger partial charge in [0.2, 0.25) is 0 Å². The Hall–Kier alpha value is -1.06. The van der Waals surface area contributed by atoms with Crippen LogP contribution in [0, 0.1) is 0 Å². The lowest BCUT2D eigenvalue weighted by atomic mass is 10.0. The number of aryl methyl sites for hydroxylation is 1. The van der Waals surface area contributed by atoms with Gasteiger partial charge in [-0.25, -0.2) is 0 Å². The minimum absolute atomic E-state index is 0.128. The molecule has 2 nitrogen and oxygen atoms in total. The maximum atomic E-state index is 5.86. The SMILES string of the molecule is CCNC(c1ccc(Br)cc1)c1ccc(CC)o1. The van der Waals surface area contributed by atoms with Gasteiger partial charge in [0, 0.05) is 10.9 Å². The van der Waals surface area contributed by atoms with Crippen LogP contribution >= 0.6 is 15.9 Å². The van der Waals surface area contributed by atoms with Crippen molar-refractivity contribution in [1.82, 2.24) is 5.32 Å². The molecule has 1 heterocycles. The second-order valence-corrected chi connectivity index (χ2v) is 5.12. The first kappa shape index (κ1) is 13.4. The molecule has 18 heavy (non-hydrogen) atoms. The summed E-state index contributed by atoms with van der Waals surface area (Å²) in [5.74, 6) is 2.01. The lowest BCUT2D eigenvalue weighted by Crippen LogP contribution is -2.21. The molecule has 0 radical (unpaired) electrons. The zero-order chi connectivity index (χ0) is 13.0. The van der Waals surface area contributed by atoms with Crippen molar-refractivity contribution in [2.24, 2.45) is 0 Å². The summed E-state index contributed by atoms with van der Waals surface area (Å²) in [6.45, 7) is 5.11. The van der Waals surface area contributed by atoms with Crippen LogP contribution < -0.4 is 5.32 Å². The Kier molecular flexibility index (Phi) is 4.61. The molecule has 2 rings (SSSR count). The molecule has 96 valence electrons. The van der Waals surface area contributed by atoms with Crippen molar-refractivity contribution < 1.29 is 4.42 Å². The molecule has 1 unspecified atom stereocenters. The van der Waals surface area contributed by atoms with E-state index in [9.17, 15) is 0 Å². The van der Waals surface area contributed by atoms with Crippen molar-refractivity contribution in [3.63, 3.8) is 0 Å². The van der Waals surface area contributed by atoms with Crippen LogP contribution in [0.4, 0.5) is 0 Å². The molecule has 0 aliphatic rings. The Balaban J connectivity index is 2.29. The molecule has 1 aromatic carbocycles. The summed E-state index contributed by atoms with van der Waals surface area (Å²) in [6.07, 6.45) is 0.930. The fourth-order valence-electron chi connectivity index (χ4n) is 1.98. The Labute approximate surface area is 117 Å². The first-order chi connectivity index (χ1) is 8.74. The summed E-state index contributed by atoms with van der Waals surface area (Å²) in [6, 6.07) is 12.6. The molecular weight excluding hydrogens is 290 g/mol. The summed E-state index contributed by atoms with van der Waals surface area (Å²) in [5.41, 5.74) is 1.22. The van der Waals surface area contributed by atoms with Crippen molar-refractivity contribution in [1.29, 1.82) is 0 Å². The molecule has 0 aliphatic carbocycles. The van der Waals surface area contributed by atoms with Crippen LogP contribution in [0.25, 0.3) is 0 Å². The van der Waals surface area contributed by atoms with Crippen LogP contribution in [0.2, 0.25) is 0 Å². The van der Waals surface area contributed by atoms with E-state index in [0.717, 1.165) is 29.0 Å². The highest BCUT2D eigenvalue weighted by Gasteiger charge is 2.16. The van der Waals surface area contributed by atoms with E-state index in [2.05, 4.69) is 71.5 Å². The Bertz CT molecular complexity index is 489. The van der Waals surface area contributed by atoms with E-state index in [0.29, 0.717) is 0 Å². The molecule has 3 heteroatoms. The summed E-state index contributed by atoms with van der Waals surface area (Å²) in [5, 5.41) is 3.46. The van der Waals surface area contributed by atoms with Gasteiger partial charge in [0.1, 0.15) is 11.5 Å². The normalized spacial score (nSPS) is 12.6. The maximum absolute atomic E-state index is 5.86.